The van der Waals surface area contributed by atoms with Crippen LogP contribution >= 0.6 is 35.0 Å². The average molecular weight is 508 g/mol. The molecule has 170 valence electrons. The molecule has 6 nitrogen and oxygen atoms in total. The van der Waals surface area contributed by atoms with Gasteiger partial charge in [0.25, 0.3) is 5.91 Å². The van der Waals surface area contributed by atoms with E-state index in [-0.39, 0.29) is 11.7 Å². The number of carbonyl (C=O) groups is 1. The maximum atomic E-state index is 12.3. The molecule has 1 aromatic heterocycles. The third kappa shape index (κ3) is 6.35. The first-order valence-corrected chi connectivity index (χ1v) is 12.0. The van der Waals surface area contributed by atoms with E-state index in [9.17, 15) is 4.79 Å². The lowest BCUT2D eigenvalue weighted by atomic mass is 10.2. The van der Waals surface area contributed by atoms with Crippen LogP contribution in [0.3, 0.4) is 0 Å². The molecule has 1 N–H and O–H groups in total. The fourth-order valence-electron chi connectivity index (χ4n) is 3.03. The number of halogens is 2. The van der Waals surface area contributed by atoms with Crippen LogP contribution in [0.5, 0.6) is 0 Å². The minimum absolute atomic E-state index is 0.100. The molecule has 0 atom stereocenters. The van der Waals surface area contributed by atoms with Crippen LogP contribution < -0.4 is 5.43 Å². The van der Waals surface area contributed by atoms with Gasteiger partial charge in [-0.2, -0.15) is 5.10 Å². The third-order valence-corrected chi connectivity index (χ3v) is 5.95. The van der Waals surface area contributed by atoms with Gasteiger partial charge < -0.3 is 0 Å². The summed E-state index contributed by atoms with van der Waals surface area (Å²) in [5, 5.41) is 14.2. The smallest absolute Gasteiger partial charge is 0.250 e. The summed E-state index contributed by atoms with van der Waals surface area (Å²) in [5.41, 5.74) is 5.18. The average Bonchev–Trinajstić information content (AvgIpc) is 3.28. The van der Waals surface area contributed by atoms with Crippen LogP contribution in [0.25, 0.3) is 23.2 Å². The van der Waals surface area contributed by atoms with Crippen LogP contribution in [0.15, 0.2) is 100 Å². The number of hydrogen-bond donors (Lipinski definition) is 1. The summed E-state index contributed by atoms with van der Waals surface area (Å²) in [6, 6.07) is 26.7. The van der Waals surface area contributed by atoms with Crippen LogP contribution in [0.4, 0.5) is 0 Å². The van der Waals surface area contributed by atoms with E-state index in [2.05, 4.69) is 20.7 Å². The van der Waals surface area contributed by atoms with Gasteiger partial charge in [0, 0.05) is 16.3 Å². The number of carbonyl (C=O) groups excluding carboxylic acids is 1. The van der Waals surface area contributed by atoms with Crippen molar-refractivity contribution < 1.29 is 4.79 Å². The molecular formula is C25H19Cl2N5OS. The van der Waals surface area contributed by atoms with Gasteiger partial charge in [0.05, 0.1) is 17.0 Å². The Bertz CT molecular complexity index is 1310. The summed E-state index contributed by atoms with van der Waals surface area (Å²) < 4.78 is 1.91. The number of aromatic nitrogens is 3. The Kier molecular flexibility index (Phi) is 8.14. The third-order valence-electron chi connectivity index (χ3n) is 4.56. The highest BCUT2D eigenvalue weighted by atomic mass is 35.5. The number of allylic oxidation sites excluding steroid dienone is 1. The van der Waals surface area contributed by atoms with Crippen LogP contribution in [-0.2, 0) is 4.79 Å². The standard InChI is InChI=1S/C25H19Cl2N5OS/c26-20-13-11-19(12-14-20)24-30-31-25(32(24)22-9-5-2-6-10-22)34-17-23(33)29-28-16-21(27)15-18-7-3-1-4-8-18/h1-16H,17H2,(H,29,33). The molecule has 0 saturated carbocycles. The Labute approximate surface area is 211 Å². The number of rotatable bonds is 8. The largest absolute Gasteiger partial charge is 0.272 e. The SMILES string of the molecule is O=C(CSc1nnc(-c2ccc(Cl)cc2)n1-c1ccccc1)NN=CC(Cl)=Cc1ccccc1. The Morgan fingerprint density at radius 3 is 2.35 bits per heavy atom. The minimum Gasteiger partial charge on any atom is -0.272 e. The van der Waals surface area contributed by atoms with Crippen molar-refractivity contribution >= 4 is 53.2 Å². The maximum absolute atomic E-state index is 12.3. The lowest BCUT2D eigenvalue weighted by molar-refractivity contribution is -0.118. The number of thioether (sulfide) groups is 1. The van der Waals surface area contributed by atoms with Gasteiger partial charge in [-0.05, 0) is 48.0 Å². The van der Waals surface area contributed by atoms with Crippen molar-refractivity contribution in [1.29, 1.82) is 0 Å². The highest BCUT2D eigenvalue weighted by molar-refractivity contribution is 7.99. The molecule has 0 saturated heterocycles. The number of benzene rings is 3. The van der Waals surface area contributed by atoms with Crippen molar-refractivity contribution in [2.45, 2.75) is 5.16 Å². The molecule has 0 spiro atoms. The van der Waals surface area contributed by atoms with E-state index in [4.69, 9.17) is 23.2 Å². The Morgan fingerprint density at radius 1 is 0.971 bits per heavy atom. The van der Waals surface area contributed by atoms with Crippen LogP contribution in [0, 0.1) is 0 Å². The first-order chi connectivity index (χ1) is 16.6. The van der Waals surface area contributed by atoms with Crippen molar-refractivity contribution in [2.24, 2.45) is 5.10 Å². The maximum Gasteiger partial charge on any atom is 0.250 e. The fourth-order valence-corrected chi connectivity index (χ4v) is 4.08. The van der Waals surface area contributed by atoms with Gasteiger partial charge in [-0.1, -0.05) is 83.5 Å². The minimum atomic E-state index is -0.291. The summed E-state index contributed by atoms with van der Waals surface area (Å²) in [6.45, 7) is 0. The topological polar surface area (TPSA) is 72.2 Å². The van der Waals surface area contributed by atoms with Crippen LogP contribution in [0.2, 0.25) is 5.02 Å². The van der Waals surface area contributed by atoms with E-state index < -0.39 is 0 Å². The Morgan fingerprint density at radius 2 is 1.65 bits per heavy atom. The van der Waals surface area contributed by atoms with Gasteiger partial charge in [0.2, 0.25) is 0 Å². The number of amides is 1. The van der Waals surface area contributed by atoms with Crippen molar-refractivity contribution in [1.82, 2.24) is 20.2 Å². The summed E-state index contributed by atoms with van der Waals surface area (Å²) in [6.07, 6.45) is 3.15. The first kappa shape index (κ1) is 23.8. The number of para-hydroxylation sites is 1. The summed E-state index contributed by atoms with van der Waals surface area (Å²) in [5.74, 6) is 0.464. The lowest BCUT2D eigenvalue weighted by Gasteiger charge is -2.10. The van der Waals surface area contributed by atoms with E-state index in [0.717, 1.165) is 16.8 Å². The molecule has 1 amide bonds. The van der Waals surface area contributed by atoms with Crippen LogP contribution in [-0.4, -0.2) is 32.6 Å². The number of hydrazone groups is 1. The summed E-state index contributed by atoms with van der Waals surface area (Å²) in [4.78, 5) is 12.3. The summed E-state index contributed by atoms with van der Waals surface area (Å²) >= 11 is 13.4. The first-order valence-electron chi connectivity index (χ1n) is 10.2. The highest BCUT2D eigenvalue weighted by Crippen LogP contribution is 2.28. The quantitative estimate of drug-likeness (QED) is 0.178. The molecule has 1 heterocycles. The zero-order chi connectivity index (χ0) is 23.8. The predicted molar refractivity (Wildman–Crippen MR) is 139 cm³/mol. The van der Waals surface area contributed by atoms with Crippen molar-refractivity contribution in [3.8, 4) is 17.1 Å². The molecule has 0 bridgehead atoms. The van der Waals surface area contributed by atoms with Crippen molar-refractivity contribution in [2.75, 3.05) is 5.75 Å². The van der Waals surface area contributed by atoms with Crippen molar-refractivity contribution in [3.63, 3.8) is 0 Å². The molecule has 4 aromatic rings. The Hall–Kier alpha value is -3.39. The normalized spacial score (nSPS) is 11.6. The molecule has 0 fully saturated rings. The molecular weight excluding hydrogens is 489 g/mol. The molecule has 0 aliphatic rings. The van der Waals surface area contributed by atoms with Gasteiger partial charge in [0.15, 0.2) is 11.0 Å². The van der Waals surface area contributed by atoms with Crippen LogP contribution in [0.1, 0.15) is 5.56 Å². The molecule has 0 unspecified atom stereocenters. The summed E-state index contributed by atoms with van der Waals surface area (Å²) in [7, 11) is 0. The van der Waals surface area contributed by atoms with E-state index in [0.29, 0.717) is 21.0 Å². The second kappa shape index (κ2) is 11.7. The van der Waals surface area contributed by atoms with E-state index in [1.165, 1.54) is 18.0 Å². The number of hydrogen-bond acceptors (Lipinski definition) is 5. The number of nitrogens with zero attached hydrogens (tertiary/aromatic N) is 4. The Balaban J connectivity index is 1.45. The van der Waals surface area contributed by atoms with E-state index in [1.807, 2.05) is 77.4 Å². The fraction of sp³-hybridized carbons (Fsp3) is 0.0400. The molecule has 9 heteroatoms. The lowest BCUT2D eigenvalue weighted by Crippen LogP contribution is -2.19. The number of nitrogens with one attached hydrogen (secondary N) is 1. The van der Waals surface area contributed by atoms with Gasteiger partial charge >= 0.3 is 0 Å². The molecule has 3 aromatic carbocycles. The predicted octanol–water partition coefficient (Wildman–Crippen LogP) is 6.06. The molecule has 0 radical (unpaired) electrons. The van der Waals surface area contributed by atoms with Gasteiger partial charge in [0.1, 0.15) is 0 Å². The molecule has 34 heavy (non-hydrogen) atoms. The second-order valence-corrected chi connectivity index (χ2v) is 8.82. The zero-order valence-electron chi connectivity index (χ0n) is 17.8. The van der Waals surface area contributed by atoms with Gasteiger partial charge in [-0.25, -0.2) is 5.43 Å². The molecule has 4 rings (SSSR count). The molecule has 0 aliphatic carbocycles. The van der Waals surface area contributed by atoms with Gasteiger partial charge in [-0.15, -0.1) is 10.2 Å². The highest BCUT2D eigenvalue weighted by Gasteiger charge is 2.17. The molecule has 0 aliphatic heterocycles. The zero-order valence-corrected chi connectivity index (χ0v) is 20.1. The van der Waals surface area contributed by atoms with Gasteiger partial charge in [-0.3, -0.25) is 9.36 Å². The van der Waals surface area contributed by atoms with E-state index >= 15 is 0 Å². The van der Waals surface area contributed by atoms with E-state index in [1.54, 1.807) is 18.2 Å². The second-order valence-electron chi connectivity index (χ2n) is 7.01. The monoisotopic (exact) mass is 507 g/mol. The van der Waals surface area contributed by atoms with Crippen molar-refractivity contribution in [3.05, 3.63) is 101 Å².